The molecule has 3 aliphatic heterocycles. The molecule has 4 heteroatoms. The Labute approximate surface area is 112 Å². The molecule has 1 N–H and O–H groups in total. The van der Waals surface area contributed by atoms with Gasteiger partial charge >= 0.3 is 0 Å². The molecule has 0 spiro atoms. The van der Waals surface area contributed by atoms with Crippen LogP contribution in [0.5, 0.6) is 0 Å². The number of hydrogen-bond donors (Lipinski definition) is 1. The number of pyridine rings is 1. The standard InChI is InChI=1S/C15H20N2O2/c18-12-4-5-16-8-10-6-11(14(16)7-12)9-17-13(10)2-1-3-15(17)19/h1-3,10-12,14,18H,4-9H2/t10-,11+,12-,14?/m0/s1. The summed E-state index contributed by atoms with van der Waals surface area (Å²) < 4.78 is 1.97. The summed E-state index contributed by atoms with van der Waals surface area (Å²) in [7, 11) is 0. The van der Waals surface area contributed by atoms with E-state index in [1.807, 2.05) is 10.6 Å². The summed E-state index contributed by atoms with van der Waals surface area (Å²) >= 11 is 0. The second-order valence-electron chi connectivity index (χ2n) is 6.33. The van der Waals surface area contributed by atoms with E-state index >= 15 is 0 Å². The Hall–Kier alpha value is -1.13. The number of aromatic nitrogens is 1. The van der Waals surface area contributed by atoms with Gasteiger partial charge in [0.1, 0.15) is 0 Å². The largest absolute Gasteiger partial charge is 0.393 e. The van der Waals surface area contributed by atoms with Gasteiger partial charge in [0.15, 0.2) is 0 Å². The number of hydrogen-bond acceptors (Lipinski definition) is 3. The van der Waals surface area contributed by atoms with Crippen LogP contribution in [0.4, 0.5) is 0 Å². The molecule has 102 valence electrons. The van der Waals surface area contributed by atoms with Crippen molar-refractivity contribution in [2.75, 3.05) is 13.1 Å². The molecule has 1 aromatic heterocycles. The molecule has 4 heterocycles. The van der Waals surface area contributed by atoms with Gasteiger partial charge in [0.25, 0.3) is 5.56 Å². The Morgan fingerprint density at radius 1 is 1.21 bits per heavy atom. The van der Waals surface area contributed by atoms with Crippen molar-refractivity contribution in [1.82, 2.24) is 9.47 Å². The van der Waals surface area contributed by atoms with E-state index in [0.29, 0.717) is 17.9 Å². The van der Waals surface area contributed by atoms with E-state index in [0.717, 1.165) is 32.5 Å². The van der Waals surface area contributed by atoms with Gasteiger partial charge in [-0.2, -0.15) is 0 Å². The number of nitrogens with zero attached hydrogens (tertiary/aromatic N) is 2. The maximum Gasteiger partial charge on any atom is 0.250 e. The predicted octanol–water partition coefficient (Wildman–Crippen LogP) is 0.791. The summed E-state index contributed by atoms with van der Waals surface area (Å²) in [4.78, 5) is 14.6. The third kappa shape index (κ3) is 1.77. The van der Waals surface area contributed by atoms with Crippen molar-refractivity contribution in [3.05, 3.63) is 34.2 Å². The van der Waals surface area contributed by atoms with Crippen molar-refractivity contribution in [2.24, 2.45) is 5.92 Å². The van der Waals surface area contributed by atoms with Gasteiger partial charge in [-0.15, -0.1) is 0 Å². The van der Waals surface area contributed by atoms with Crippen molar-refractivity contribution in [3.63, 3.8) is 0 Å². The minimum Gasteiger partial charge on any atom is -0.393 e. The fourth-order valence-electron chi connectivity index (χ4n) is 4.36. The Bertz CT molecular complexity index is 553. The van der Waals surface area contributed by atoms with Crippen LogP contribution in [0.25, 0.3) is 0 Å². The first-order valence-corrected chi connectivity index (χ1v) is 7.34. The molecule has 3 aliphatic rings. The van der Waals surface area contributed by atoms with Crippen molar-refractivity contribution >= 4 is 0 Å². The monoisotopic (exact) mass is 260 g/mol. The molecular formula is C15H20N2O2. The molecule has 2 saturated heterocycles. The first kappa shape index (κ1) is 11.7. The molecule has 0 amide bonds. The van der Waals surface area contributed by atoms with Gasteiger partial charge in [-0.1, -0.05) is 6.07 Å². The summed E-state index contributed by atoms with van der Waals surface area (Å²) in [6, 6.07) is 6.14. The smallest absolute Gasteiger partial charge is 0.250 e. The highest BCUT2D eigenvalue weighted by Crippen LogP contribution is 2.41. The van der Waals surface area contributed by atoms with E-state index in [2.05, 4.69) is 11.0 Å². The molecule has 4 rings (SSSR count). The molecule has 0 aliphatic carbocycles. The molecule has 2 fully saturated rings. The Balaban J connectivity index is 1.73. The third-order valence-corrected chi connectivity index (χ3v) is 5.24. The van der Waals surface area contributed by atoms with Crippen molar-refractivity contribution in [1.29, 1.82) is 0 Å². The van der Waals surface area contributed by atoms with Crippen LogP contribution in [0, 0.1) is 5.92 Å². The molecule has 2 bridgehead atoms. The Morgan fingerprint density at radius 2 is 2.11 bits per heavy atom. The summed E-state index contributed by atoms with van der Waals surface area (Å²) in [6.45, 7) is 2.90. The summed E-state index contributed by atoms with van der Waals surface area (Å²) in [5, 5.41) is 9.90. The number of fused-ring (bicyclic) bond motifs is 6. The molecule has 1 unspecified atom stereocenters. The molecule has 0 saturated carbocycles. The third-order valence-electron chi connectivity index (χ3n) is 5.24. The highest BCUT2D eigenvalue weighted by molar-refractivity contribution is 5.18. The summed E-state index contributed by atoms with van der Waals surface area (Å²) in [5.74, 6) is 1.03. The maximum atomic E-state index is 12.0. The zero-order chi connectivity index (χ0) is 13.0. The van der Waals surface area contributed by atoms with Gasteiger partial charge in [0, 0.05) is 43.4 Å². The number of aliphatic hydroxyl groups excluding tert-OH is 1. The lowest BCUT2D eigenvalue weighted by atomic mass is 9.75. The zero-order valence-corrected chi connectivity index (χ0v) is 11.0. The minimum atomic E-state index is -0.147. The van der Waals surface area contributed by atoms with Crippen LogP contribution in [0.3, 0.4) is 0 Å². The van der Waals surface area contributed by atoms with Crippen LogP contribution in [-0.4, -0.2) is 39.8 Å². The SMILES string of the molecule is O=c1cccc2n1C[C@H]1C[C@H]2CN2CC[C@H](O)CC12. The summed E-state index contributed by atoms with van der Waals surface area (Å²) in [6.07, 6.45) is 2.81. The second kappa shape index (κ2) is 4.18. The fraction of sp³-hybridized carbons (Fsp3) is 0.667. The van der Waals surface area contributed by atoms with Crippen molar-refractivity contribution in [3.8, 4) is 0 Å². The lowest BCUT2D eigenvalue weighted by molar-refractivity contribution is -0.0247. The van der Waals surface area contributed by atoms with Gasteiger partial charge in [-0.05, 0) is 31.2 Å². The van der Waals surface area contributed by atoms with Crippen LogP contribution in [-0.2, 0) is 6.54 Å². The van der Waals surface area contributed by atoms with E-state index in [-0.39, 0.29) is 11.7 Å². The molecule has 1 aromatic rings. The van der Waals surface area contributed by atoms with Gasteiger partial charge < -0.3 is 9.67 Å². The average Bonchev–Trinajstić information content (AvgIpc) is 2.41. The van der Waals surface area contributed by atoms with Gasteiger partial charge in [0.05, 0.1) is 6.10 Å². The van der Waals surface area contributed by atoms with Crippen LogP contribution in [0.1, 0.15) is 30.9 Å². The highest BCUT2D eigenvalue weighted by atomic mass is 16.3. The van der Waals surface area contributed by atoms with E-state index in [4.69, 9.17) is 0 Å². The topological polar surface area (TPSA) is 45.5 Å². The number of piperidine rings is 2. The minimum absolute atomic E-state index is 0.136. The zero-order valence-electron chi connectivity index (χ0n) is 11.0. The molecule has 0 aromatic carbocycles. The predicted molar refractivity (Wildman–Crippen MR) is 72.2 cm³/mol. The molecule has 0 radical (unpaired) electrons. The van der Waals surface area contributed by atoms with Gasteiger partial charge in [-0.3, -0.25) is 9.69 Å². The lowest BCUT2D eigenvalue weighted by Gasteiger charge is -2.51. The first-order chi connectivity index (χ1) is 9.22. The van der Waals surface area contributed by atoms with Crippen LogP contribution in [0.15, 0.2) is 23.0 Å². The van der Waals surface area contributed by atoms with Crippen LogP contribution >= 0.6 is 0 Å². The highest BCUT2D eigenvalue weighted by Gasteiger charge is 2.43. The normalized spacial score (nSPS) is 37.5. The Kier molecular flexibility index (Phi) is 2.57. The summed E-state index contributed by atoms with van der Waals surface area (Å²) in [5.41, 5.74) is 1.35. The second-order valence-corrected chi connectivity index (χ2v) is 6.33. The molecule has 4 nitrogen and oxygen atoms in total. The van der Waals surface area contributed by atoms with Gasteiger partial charge in [-0.25, -0.2) is 0 Å². The molecular weight excluding hydrogens is 240 g/mol. The van der Waals surface area contributed by atoms with Gasteiger partial charge in [0.2, 0.25) is 0 Å². The van der Waals surface area contributed by atoms with E-state index < -0.39 is 0 Å². The van der Waals surface area contributed by atoms with E-state index in [9.17, 15) is 9.90 Å². The number of aliphatic hydroxyl groups is 1. The van der Waals surface area contributed by atoms with Crippen molar-refractivity contribution < 1.29 is 5.11 Å². The fourth-order valence-corrected chi connectivity index (χ4v) is 4.36. The van der Waals surface area contributed by atoms with Crippen molar-refractivity contribution in [2.45, 2.75) is 43.9 Å². The average molecular weight is 260 g/mol. The quantitative estimate of drug-likeness (QED) is 0.750. The van der Waals surface area contributed by atoms with E-state index in [1.54, 1.807) is 6.07 Å². The lowest BCUT2D eigenvalue weighted by Crippen LogP contribution is -2.56. The molecule has 4 atom stereocenters. The van der Waals surface area contributed by atoms with E-state index in [1.165, 1.54) is 12.1 Å². The number of rotatable bonds is 0. The van der Waals surface area contributed by atoms with Crippen LogP contribution in [0.2, 0.25) is 0 Å². The maximum absolute atomic E-state index is 12.0. The van der Waals surface area contributed by atoms with Crippen LogP contribution < -0.4 is 5.56 Å². The Morgan fingerprint density at radius 3 is 3.00 bits per heavy atom. The first-order valence-electron chi connectivity index (χ1n) is 7.34. The molecule has 19 heavy (non-hydrogen) atoms.